The van der Waals surface area contributed by atoms with Crippen molar-refractivity contribution < 1.29 is 14.0 Å². The summed E-state index contributed by atoms with van der Waals surface area (Å²) < 4.78 is 5.63. The van der Waals surface area contributed by atoms with Gasteiger partial charge in [-0.25, -0.2) is 4.98 Å². The number of benzene rings is 1. The Balaban J connectivity index is 1.53. The highest BCUT2D eigenvalue weighted by Gasteiger charge is 2.27. The zero-order valence-corrected chi connectivity index (χ0v) is 16.7. The van der Waals surface area contributed by atoms with Gasteiger partial charge >= 0.3 is 0 Å². The number of aryl methyl sites for hydroxylation is 2. The standard InChI is InChI=1S/C21H21N3O3S/c1-4-19(25)22-9-20-23-16-10-24(6-5-18(16)28-20)21(26)15-11-27-17-8-13(3)12(2)7-14(15)17/h4,7-8,11H,1,5-6,9-10H2,2-3H3,(H,22,25). The van der Waals surface area contributed by atoms with Crippen molar-refractivity contribution in [2.75, 3.05) is 6.54 Å². The number of nitrogens with one attached hydrogen (secondary N) is 1. The van der Waals surface area contributed by atoms with Crippen LogP contribution in [0.15, 0.2) is 35.5 Å². The van der Waals surface area contributed by atoms with Gasteiger partial charge in [0, 0.05) is 23.2 Å². The van der Waals surface area contributed by atoms with E-state index in [1.807, 2.05) is 30.9 Å². The first kappa shape index (κ1) is 18.4. The van der Waals surface area contributed by atoms with Crippen molar-refractivity contribution in [3.8, 4) is 0 Å². The number of amides is 2. The van der Waals surface area contributed by atoms with E-state index < -0.39 is 0 Å². The van der Waals surface area contributed by atoms with Crippen LogP contribution in [0.4, 0.5) is 0 Å². The number of fused-ring (bicyclic) bond motifs is 2. The summed E-state index contributed by atoms with van der Waals surface area (Å²) in [6.45, 7) is 8.99. The first-order chi connectivity index (χ1) is 13.5. The second-order valence-corrected chi connectivity index (χ2v) is 8.13. The Morgan fingerprint density at radius 2 is 2.14 bits per heavy atom. The third-order valence-electron chi connectivity index (χ3n) is 5.08. The Morgan fingerprint density at radius 1 is 1.36 bits per heavy atom. The lowest BCUT2D eigenvalue weighted by Crippen LogP contribution is -2.35. The molecule has 0 saturated heterocycles. The third-order valence-corrected chi connectivity index (χ3v) is 6.24. The lowest BCUT2D eigenvalue weighted by atomic mass is 10.0. The molecule has 6 nitrogen and oxygen atoms in total. The average Bonchev–Trinajstić information content (AvgIpc) is 3.28. The lowest BCUT2D eigenvalue weighted by molar-refractivity contribution is -0.116. The Kier molecular flexibility index (Phi) is 4.77. The number of carbonyl (C=O) groups excluding carboxylic acids is 2. The molecule has 0 aliphatic carbocycles. The zero-order chi connectivity index (χ0) is 19.8. The second-order valence-electron chi connectivity index (χ2n) is 6.96. The summed E-state index contributed by atoms with van der Waals surface area (Å²) >= 11 is 1.59. The summed E-state index contributed by atoms with van der Waals surface area (Å²) in [5.74, 6) is -0.260. The van der Waals surface area contributed by atoms with Crippen LogP contribution >= 0.6 is 11.3 Å². The second kappa shape index (κ2) is 7.24. The van der Waals surface area contributed by atoms with Crippen LogP contribution in [0.1, 0.15) is 37.1 Å². The molecule has 28 heavy (non-hydrogen) atoms. The van der Waals surface area contributed by atoms with Gasteiger partial charge < -0.3 is 14.6 Å². The highest BCUT2D eigenvalue weighted by atomic mass is 32.1. The molecule has 0 unspecified atom stereocenters. The van der Waals surface area contributed by atoms with Gasteiger partial charge in [-0.2, -0.15) is 0 Å². The van der Waals surface area contributed by atoms with Crippen molar-refractivity contribution in [2.24, 2.45) is 0 Å². The molecule has 0 radical (unpaired) electrons. The molecule has 1 N–H and O–H groups in total. The molecule has 0 spiro atoms. The molecule has 0 atom stereocenters. The van der Waals surface area contributed by atoms with Gasteiger partial charge in [0.1, 0.15) is 16.9 Å². The fraction of sp³-hybridized carbons (Fsp3) is 0.286. The largest absolute Gasteiger partial charge is 0.463 e. The number of carbonyl (C=O) groups is 2. The predicted octanol–water partition coefficient (Wildman–Crippen LogP) is 3.51. The van der Waals surface area contributed by atoms with Crippen LogP contribution in [-0.2, 0) is 24.3 Å². The number of rotatable bonds is 4. The first-order valence-electron chi connectivity index (χ1n) is 9.11. The van der Waals surface area contributed by atoms with Gasteiger partial charge in [0.25, 0.3) is 5.91 Å². The van der Waals surface area contributed by atoms with E-state index in [-0.39, 0.29) is 11.8 Å². The van der Waals surface area contributed by atoms with Crippen LogP contribution in [0, 0.1) is 13.8 Å². The molecule has 0 fully saturated rings. The van der Waals surface area contributed by atoms with E-state index in [1.54, 1.807) is 17.6 Å². The van der Waals surface area contributed by atoms with Gasteiger partial charge in [0.2, 0.25) is 5.91 Å². The zero-order valence-electron chi connectivity index (χ0n) is 15.9. The highest BCUT2D eigenvalue weighted by molar-refractivity contribution is 7.11. The fourth-order valence-corrected chi connectivity index (χ4v) is 4.36. The number of nitrogens with zero attached hydrogens (tertiary/aromatic N) is 2. The van der Waals surface area contributed by atoms with Crippen molar-refractivity contribution in [3.05, 3.63) is 63.3 Å². The molecule has 1 aliphatic heterocycles. The van der Waals surface area contributed by atoms with Crippen molar-refractivity contribution in [2.45, 2.75) is 33.4 Å². The monoisotopic (exact) mass is 395 g/mol. The van der Waals surface area contributed by atoms with Crippen molar-refractivity contribution in [1.82, 2.24) is 15.2 Å². The minimum absolute atomic E-state index is 0.0397. The van der Waals surface area contributed by atoms with Crippen LogP contribution < -0.4 is 5.32 Å². The normalized spacial score (nSPS) is 13.4. The number of furan rings is 1. The number of aromatic nitrogens is 1. The van der Waals surface area contributed by atoms with Crippen molar-refractivity contribution in [1.29, 1.82) is 0 Å². The maximum absolute atomic E-state index is 13.1. The van der Waals surface area contributed by atoms with E-state index in [4.69, 9.17) is 4.42 Å². The van der Waals surface area contributed by atoms with Crippen LogP contribution in [0.5, 0.6) is 0 Å². The molecule has 7 heteroatoms. The van der Waals surface area contributed by atoms with E-state index in [0.29, 0.717) is 25.2 Å². The maximum Gasteiger partial charge on any atom is 0.258 e. The third kappa shape index (κ3) is 3.33. The molecular weight excluding hydrogens is 374 g/mol. The summed E-state index contributed by atoms with van der Waals surface area (Å²) in [7, 11) is 0. The van der Waals surface area contributed by atoms with E-state index in [2.05, 4.69) is 16.9 Å². The molecular formula is C21H21N3O3S. The molecule has 3 heterocycles. The quantitative estimate of drug-likeness (QED) is 0.686. The van der Waals surface area contributed by atoms with Gasteiger partial charge in [-0.1, -0.05) is 6.58 Å². The van der Waals surface area contributed by atoms with Crippen molar-refractivity contribution in [3.63, 3.8) is 0 Å². The van der Waals surface area contributed by atoms with Gasteiger partial charge in [0.05, 0.1) is 24.3 Å². The summed E-state index contributed by atoms with van der Waals surface area (Å²) in [4.78, 5) is 32.1. The molecule has 3 aromatic rings. The van der Waals surface area contributed by atoms with Gasteiger partial charge in [0.15, 0.2) is 0 Å². The number of hydrogen-bond acceptors (Lipinski definition) is 5. The Morgan fingerprint density at radius 3 is 2.93 bits per heavy atom. The van der Waals surface area contributed by atoms with E-state index in [0.717, 1.165) is 39.2 Å². The van der Waals surface area contributed by atoms with Gasteiger partial charge in [-0.15, -0.1) is 11.3 Å². The molecule has 4 rings (SSSR count). The average molecular weight is 395 g/mol. The smallest absolute Gasteiger partial charge is 0.258 e. The minimum atomic E-state index is -0.220. The lowest BCUT2D eigenvalue weighted by Gasteiger charge is -2.25. The Bertz CT molecular complexity index is 1100. The fourth-order valence-electron chi connectivity index (χ4n) is 3.36. The van der Waals surface area contributed by atoms with Crippen LogP contribution in [-0.4, -0.2) is 28.2 Å². The van der Waals surface area contributed by atoms with Gasteiger partial charge in [-0.05, 0) is 43.2 Å². The topological polar surface area (TPSA) is 75.4 Å². The Hall–Kier alpha value is -2.93. The molecule has 144 valence electrons. The van der Waals surface area contributed by atoms with E-state index >= 15 is 0 Å². The highest BCUT2D eigenvalue weighted by Crippen LogP contribution is 2.29. The number of thiazole rings is 1. The van der Waals surface area contributed by atoms with E-state index in [9.17, 15) is 9.59 Å². The maximum atomic E-state index is 13.1. The molecule has 1 aliphatic rings. The summed E-state index contributed by atoms with van der Waals surface area (Å²) in [5, 5.41) is 4.44. The summed E-state index contributed by atoms with van der Waals surface area (Å²) in [6.07, 6.45) is 3.56. The molecule has 1 aromatic carbocycles. The molecule has 2 amide bonds. The molecule has 0 bridgehead atoms. The van der Waals surface area contributed by atoms with Crippen LogP contribution in [0.3, 0.4) is 0 Å². The first-order valence-corrected chi connectivity index (χ1v) is 9.93. The minimum Gasteiger partial charge on any atom is -0.463 e. The number of hydrogen-bond donors (Lipinski definition) is 1. The Labute approximate surface area is 166 Å². The summed E-state index contributed by atoms with van der Waals surface area (Å²) in [6, 6.07) is 3.99. The molecule has 0 saturated carbocycles. The SMILES string of the molecule is C=CC(=O)NCc1nc2c(s1)CCN(C(=O)c1coc3cc(C)c(C)cc13)C2. The van der Waals surface area contributed by atoms with Gasteiger partial charge in [-0.3, -0.25) is 9.59 Å². The predicted molar refractivity (Wildman–Crippen MR) is 108 cm³/mol. The molecule has 2 aromatic heterocycles. The van der Waals surface area contributed by atoms with E-state index in [1.165, 1.54) is 11.0 Å². The van der Waals surface area contributed by atoms with Crippen LogP contribution in [0.2, 0.25) is 0 Å². The van der Waals surface area contributed by atoms with Crippen molar-refractivity contribution >= 4 is 34.1 Å². The summed E-state index contributed by atoms with van der Waals surface area (Å²) in [5.41, 5.74) is 4.51. The van der Waals surface area contributed by atoms with Crippen LogP contribution in [0.25, 0.3) is 11.0 Å².